The number of nitrogens with one attached hydrogen (secondary N) is 1. The van der Waals surface area contributed by atoms with E-state index >= 15 is 0 Å². The molecule has 1 heterocycles. The molecule has 0 radical (unpaired) electrons. The first kappa shape index (κ1) is 19.6. The highest BCUT2D eigenvalue weighted by Gasteiger charge is 2.09. The van der Waals surface area contributed by atoms with E-state index < -0.39 is 0 Å². The summed E-state index contributed by atoms with van der Waals surface area (Å²) in [4.78, 5) is 16.6. The van der Waals surface area contributed by atoms with Gasteiger partial charge in [-0.3, -0.25) is 4.79 Å². The first-order chi connectivity index (χ1) is 13.7. The van der Waals surface area contributed by atoms with E-state index in [0.29, 0.717) is 18.1 Å². The summed E-state index contributed by atoms with van der Waals surface area (Å²) >= 11 is 1.46. The second kappa shape index (κ2) is 9.66. The summed E-state index contributed by atoms with van der Waals surface area (Å²) in [5.41, 5.74) is 5.24. The van der Waals surface area contributed by atoms with Gasteiger partial charge in [0.2, 0.25) is 5.91 Å². The lowest BCUT2D eigenvalue weighted by Crippen LogP contribution is -2.19. The van der Waals surface area contributed by atoms with E-state index in [4.69, 9.17) is 9.47 Å². The molecule has 3 rings (SSSR count). The van der Waals surface area contributed by atoms with Crippen molar-refractivity contribution in [2.24, 2.45) is 5.10 Å². The first-order valence-electron chi connectivity index (χ1n) is 8.82. The second-order valence-electron chi connectivity index (χ2n) is 5.81. The van der Waals surface area contributed by atoms with Crippen molar-refractivity contribution in [2.75, 3.05) is 13.7 Å². The topological polar surface area (TPSA) is 72.8 Å². The molecule has 3 aromatic rings. The van der Waals surface area contributed by atoms with Crippen LogP contribution in [0.1, 0.15) is 17.5 Å². The molecule has 0 bridgehead atoms. The fourth-order valence-electron chi connectivity index (χ4n) is 2.53. The quantitative estimate of drug-likeness (QED) is 0.464. The van der Waals surface area contributed by atoms with Gasteiger partial charge >= 0.3 is 0 Å². The van der Waals surface area contributed by atoms with E-state index in [1.165, 1.54) is 11.3 Å². The Bertz CT molecular complexity index is 955. The maximum absolute atomic E-state index is 12.1. The van der Waals surface area contributed by atoms with Crippen LogP contribution in [0.15, 0.2) is 59.0 Å². The summed E-state index contributed by atoms with van der Waals surface area (Å²) in [6.45, 7) is 2.44. The predicted octanol–water partition coefficient (Wildman–Crippen LogP) is 3.91. The number of hydrogen-bond acceptors (Lipinski definition) is 6. The molecule has 0 aliphatic rings. The van der Waals surface area contributed by atoms with Crippen molar-refractivity contribution >= 4 is 23.5 Å². The molecule has 1 aromatic heterocycles. The highest BCUT2D eigenvalue weighted by Crippen LogP contribution is 2.27. The Kier molecular flexibility index (Phi) is 6.75. The van der Waals surface area contributed by atoms with Gasteiger partial charge in [0, 0.05) is 10.9 Å². The molecule has 0 aliphatic carbocycles. The first-order valence-corrected chi connectivity index (χ1v) is 9.70. The van der Waals surface area contributed by atoms with Gasteiger partial charge in [-0.25, -0.2) is 10.4 Å². The van der Waals surface area contributed by atoms with E-state index in [1.54, 1.807) is 19.4 Å². The number of hydrogen-bond donors (Lipinski definition) is 1. The molecule has 0 aliphatic heterocycles. The number of thiazole rings is 1. The van der Waals surface area contributed by atoms with Gasteiger partial charge in [-0.15, -0.1) is 11.3 Å². The van der Waals surface area contributed by atoms with E-state index in [1.807, 2.05) is 54.8 Å². The summed E-state index contributed by atoms with van der Waals surface area (Å²) in [6, 6.07) is 15.3. The normalized spacial score (nSPS) is 10.8. The molecule has 7 heteroatoms. The Balaban J connectivity index is 1.57. The summed E-state index contributed by atoms with van der Waals surface area (Å²) in [5, 5.41) is 6.71. The molecule has 144 valence electrons. The smallest absolute Gasteiger partial charge is 0.246 e. The average Bonchev–Trinajstić information content (AvgIpc) is 3.17. The highest BCUT2D eigenvalue weighted by atomic mass is 32.1. The van der Waals surface area contributed by atoms with Gasteiger partial charge in [-0.1, -0.05) is 30.3 Å². The summed E-state index contributed by atoms with van der Waals surface area (Å²) in [5.74, 6) is 1.07. The molecule has 1 amide bonds. The lowest BCUT2D eigenvalue weighted by molar-refractivity contribution is -0.120. The van der Waals surface area contributed by atoms with Crippen molar-refractivity contribution in [2.45, 2.75) is 13.3 Å². The Morgan fingerprint density at radius 1 is 1.21 bits per heavy atom. The third-order valence-corrected chi connectivity index (χ3v) is 4.67. The maximum atomic E-state index is 12.1. The van der Waals surface area contributed by atoms with Crippen molar-refractivity contribution < 1.29 is 14.3 Å². The molecule has 0 spiro atoms. The zero-order chi connectivity index (χ0) is 19.8. The molecule has 0 saturated heterocycles. The van der Waals surface area contributed by atoms with Gasteiger partial charge < -0.3 is 9.47 Å². The molecule has 2 aromatic carbocycles. The molecule has 28 heavy (non-hydrogen) atoms. The molecule has 1 N–H and O–H groups in total. The summed E-state index contributed by atoms with van der Waals surface area (Å²) in [6.07, 6.45) is 1.75. The van der Waals surface area contributed by atoms with Crippen molar-refractivity contribution in [3.8, 4) is 22.8 Å². The molecule has 0 atom stereocenters. The number of ether oxygens (including phenoxy) is 2. The number of nitrogens with zero attached hydrogens (tertiary/aromatic N) is 2. The summed E-state index contributed by atoms with van der Waals surface area (Å²) < 4.78 is 10.8. The van der Waals surface area contributed by atoms with Crippen molar-refractivity contribution in [1.82, 2.24) is 10.4 Å². The minimum atomic E-state index is -0.219. The van der Waals surface area contributed by atoms with Crippen LogP contribution in [0.5, 0.6) is 11.5 Å². The van der Waals surface area contributed by atoms with Crippen LogP contribution >= 0.6 is 11.3 Å². The number of carbonyl (C=O) groups is 1. The largest absolute Gasteiger partial charge is 0.493 e. The van der Waals surface area contributed by atoms with E-state index in [2.05, 4.69) is 15.5 Å². The number of benzene rings is 2. The van der Waals surface area contributed by atoms with Crippen molar-refractivity contribution in [1.29, 1.82) is 0 Å². The molecular formula is C21H21N3O3S. The number of hydrazone groups is 1. The third kappa shape index (κ3) is 5.17. The minimum Gasteiger partial charge on any atom is -0.493 e. The van der Waals surface area contributed by atoms with Crippen LogP contribution in [-0.4, -0.2) is 30.8 Å². The fraction of sp³-hybridized carbons (Fsp3) is 0.190. The van der Waals surface area contributed by atoms with Crippen LogP contribution < -0.4 is 14.9 Å². The van der Waals surface area contributed by atoms with Crippen LogP contribution in [0.25, 0.3) is 11.3 Å². The standard InChI is InChI=1S/C21H21N3O3S/c1-3-27-19-11-15(9-10-18(19)26-2)13-22-24-20(25)12-21-23-17(14-28-21)16-7-5-4-6-8-16/h4-11,13-14H,3,12H2,1-2H3,(H,24,25)/b22-13-. The monoisotopic (exact) mass is 395 g/mol. The van der Waals surface area contributed by atoms with Crippen LogP contribution in [0.2, 0.25) is 0 Å². The Hall–Kier alpha value is -3.19. The van der Waals surface area contributed by atoms with E-state index in [0.717, 1.165) is 21.8 Å². The average molecular weight is 395 g/mol. The lowest BCUT2D eigenvalue weighted by atomic mass is 10.2. The number of methoxy groups -OCH3 is 1. The predicted molar refractivity (Wildman–Crippen MR) is 111 cm³/mol. The number of carbonyl (C=O) groups excluding carboxylic acids is 1. The van der Waals surface area contributed by atoms with Gasteiger partial charge in [0.05, 0.1) is 32.0 Å². The Morgan fingerprint density at radius 3 is 2.79 bits per heavy atom. The van der Waals surface area contributed by atoms with Gasteiger partial charge in [0.25, 0.3) is 0 Å². The fourth-order valence-corrected chi connectivity index (χ4v) is 3.33. The maximum Gasteiger partial charge on any atom is 0.246 e. The van der Waals surface area contributed by atoms with Crippen LogP contribution in [-0.2, 0) is 11.2 Å². The van der Waals surface area contributed by atoms with Gasteiger partial charge in [0.15, 0.2) is 11.5 Å². The van der Waals surface area contributed by atoms with E-state index in [9.17, 15) is 4.79 Å². The van der Waals surface area contributed by atoms with Gasteiger partial charge in [-0.2, -0.15) is 5.10 Å². The SMILES string of the molecule is CCOc1cc(/C=N\NC(=O)Cc2nc(-c3ccccc3)cs2)ccc1OC. The Labute approximate surface area is 167 Å². The third-order valence-electron chi connectivity index (χ3n) is 3.82. The number of amides is 1. The van der Waals surface area contributed by atoms with Crippen LogP contribution in [0.3, 0.4) is 0 Å². The molecular weight excluding hydrogens is 374 g/mol. The molecule has 0 fully saturated rings. The second-order valence-corrected chi connectivity index (χ2v) is 6.75. The molecule has 6 nitrogen and oxygen atoms in total. The zero-order valence-corrected chi connectivity index (χ0v) is 16.5. The van der Waals surface area contributed by atoms with Crippen molar-refractivity contribution in [3.63, 3.8) is 0 Å². The zero-order valence-electron chi connectivity index (χ0n) is 15.7. The highest BCUT2D eigenvalue weighted by molar-refractivity contribution is 7.10. The van der Waals surface area contributed by atoms with Gasteiger partial charge in [0.1, 0.15) is 5.01 Å². The van der Waals surface area contributed by atoms with E-state index in [-0.39, 0.29) is 12.3 Å². The summed E-state index contributed by atoms with van der Waals surface area (Å²) in [7, 11) is 1.59. The molecule has 0 unspecified atom stereocenters. The van der Waals surface area contributed by atoms with Gasteiger partial charge in [-0.05, 0) is 30.7 Å². The molecule has 0 saturated carbocycles. The Morgan fingerprint density at radius 2 is 2.04 bits per heavy atom. The lowest BCUT2D eigenvalue weighted by Gasteiger charge is -2.09. The van der Waals surface area contributed by atoms with Crippen molar-refractivity contribution in [3.05, 3.63) is 64.5 Å². The van der Waals surface area contributed by atoms with Crippen LogP contribution in [0, 0.1) is 0 Å². The van der Waals surface area contributed by atoms with Crippen LogP contribution in [0.4, 0.5) is 0 Å². The number of aromatic nitrogens is 1. The number of rotatable bonds is 8. The minimum absolute atomic E-state index is 0.182.